The molecule has 2 aromatic carbocycles. The third kappa shape index (κ3) is 4.27. The van der Waals surface area contributed by atoms with Crippen LogP contribution in [0.2, 0.25) is 0 Å². The average Bonchev–Trinajstić information content (AvgIpc) is 3.28. The Morgan fingerprint density at radius 1 is 1.12 bits per heavy atom. The van der Waals surface area contributed by atoms with E-state index >= 15 is 0 Å². The molecule has 2 heterocycles. The highest BCUT2D eigenvalue weighted by atomic mass is 19.4. The monoisotopic (exact) mass is 448 g/mol. The summed E-state index contributed by atoms with van der Waals surface area (Å²) in [5.41, 5.74) is 0.234. The number of fused-ring (bicyclic) bond motifs is 1. The van der Waals surface area contributed by atoms with Crippen molar-refractivity contribution in [3.05, 3.63) is 71.4 Å². The molecule has 32 heavy (non-hydrogen) atoms. The number of carbonyl (C=O) groups is 1. The molecule has 0 aliphatic heterocycles. The molecular weight excluding hydrogens is 432 g/mol. The third-order valence-electron chi connectivity index (χ3n) is 4.79. The minimum absolute atomic E-state index is 0.00454. The standard InChI is InChI=1S/C21H16F4N4O3/c1-12-17(27-29(26-12)19-4-2-14(9-16(19)22)21(23,24)25)11-32-15-3-5-18-13(8-15)6-7-28(18)10-20(30)31/h2-9H,10-11H2,1H3,(H,30,31). The van der Waals surface area contributed by atoms with Gasteiger partial charge in [0.15, 0.2) is 5.82 Å². The second kappa shape index (κ2) is 7.98. The van der Waals surface area contributed by atoms with E-state index < -0.39 is 23.5 Å². The van der Waals surface area contributed by atoms with Gasteiger partial charge < -0.3 is 14.4 Å². The Balaban J connectivity index is 1.51. The fraction of sp³-hybridized carbons (Fsp3) is 0.190. The molecule has 11 heteroatoms. The van der Waals surface area contributed by atoms with Gasteiger partial charge in [0, 0.05) is 17.1 Å². The second-order valence-corrected chi connectivity index (χ2v) is 7.03. The highest BCUT2D eigenvalue weighted by molar-refractivity contribution is 5.83. The predicted molar refractivity (Wildman–Crippen MR) is 105 cm³/mol. The lowest BCUT2D eigenvalue weighted by Crippen LogP contribution is -2.08. The number of aryl methyl sites for hydroxylation is 1. The van der Waals surface area contributed by atoms with Crippen LogP contribution in [0.1, 0.15) is 17.0 Å². The Morgan fingerprint density at radius 2 is 1.91 bits per heavy atom. The van der Waals surface area contributed by atoms with Crippen LogP contribution in [-0.2, 0) is 24.1 Å². The summed E-state index contributed by atoms with van der Waals surface area (Å²) in [5.74, 6) is -1.55. The molecule has 4 aromatic rings. The van der Waals surface area contributed by atoms with Gasteiger partial charge in [-0.25, -0.2) is 4.39 Å². The van der Waals surface area contributed by atoms with E-state index in [-0.39, 0.29) is 18.8 Å². The Hall–Kier alpha value is -3.89. The van der Waals surface area contributed by atoms with Crippen molar-refractivity contribution < 1.29 is 32.2 Å². The molecule has 0 fully saturated rings. The summed E-state index contributed by atoms with van der Waals surface area (Å²) in [6.07, 6.45) is -2.99. The number of benzene rings is 2. The van der Waals surface area contributed by atoms with Crippen LogP contribution in [0.5, 0.6) is 5.75 Å². The Morgan fingerprint density at radius 3 is 2.59 bits per heavy atom. The maximum atomic E-state index is 14.2. The first-order valence-corrected chi connectivity index (χ1v) is 9.35. The van der Waals surface area contributed by atoms with Crippen LogP contribution >= 0.6 is 0 Å². The summed E-state index contributed by atoms with van der Waals surface area (Å²) >= 11 is 0. The van der Waals surface area contributed by atoms with Gasteiger partial charge in [-0.1, -0.05) is 0 Å². The van der Waals surface area contributed by atoms with E-state index in [4.69, 9.17) is 9.84 Å². The van der Waals surface area contributed by atoms with Crippen LogP contribution in [0.3, 0.4) is 0 Å². The predicted octanol–water partition coefficient (Wildman–Crippen LogP) is 4.35. The van der Waals surface area contributed by atoms with Crippen LogP contribution in [0.15, 0.2) is 48.7 Å². The molecule has 0 atom stereocenters. The van der Waals surface area contributed by atoms with Crippen molar-refractivity contribution in [2.24, 2.45) is 0 Å². The van der Waals surface area contributed by atoms with E-state index in [2.05, 4.69) is 10.2 Å². The Labute approximate surface area is 178 Å². The summed E-state index contributed by atoms with van der Waals surface area (Å²) in [4.78, 5) is 11.9. The molecule has 0 aliphatic carbocycles. The van der Waals surface area contributed by atoms with E-state index in [1.54, 1.807) is 42.0 Å². The van der Waals surface area contributed by atoms with Gasteiger partial charge in [0.05, 0.1) is 11.3 Å². The van der Waals surface area contributed by atoms with Gasteiger partial charge in [0.2, 0.25) is 0 Å². The third-order valence-corrected chi connectivity index (χ3v) is 4.79. The van der Waals surface area contributed by atoms with E-state index in [1.807, 2.05) is 0 Å². The number of hydrogen-bond acceptors (Lipinski definition) is 4. The van der Waals surface area contributed by atoms with Crippen molar-refractivity contribution in [1.29, 1.82) is 0 Å². The number of aliphatic carboxylic acids is 1. The summed E-state index contributed by atoms with van der Waals surface area (Å²) in [6.45, 7) is 1.46. The van der Waals surface area contributed by atoms with Crippen LogP contribution in [-0.4, -0.2) is 30.6 Å². The average molecular weight is 448 g/mol. The molecule has 0 unspecified atom stereocenters. The largest absolute Gasteiger partial charge is 0.487 e. The van der Waals surface area contributed by atoms with Gasteiger partial charge in [-0.3, -0.25) is 4.79 Å². The Bertz CT molecular complexity index is 1310. The van der Waals surface area contributed by atoms with Gasteiger partial charge in [-0.2, -0.15) is 18.3 Å². The number of hydrogen-bond donors (Lipinski definition) is 1. The van der Waals surface area contributed by atoms with Gasteiger partial charge in [-0.15, -0.1) is 9.90 Å². The molecule has 0 saturated carbocycles. The first-order chi connectivity index (χ1) is 15.1. The van der Waals surface area contributed by atoms with E-state index in [9.17, 15) is 22.4 Å². The summed E-state index contributed by atoms with van der Waals surface area (Å²) in [7, 11) is 0. The first kappa shape index (κ1) is 21.3. The van der Waals surface area contributed by atoms with Crippen molar-refractivity contribution in [2.45, 2.75) is 26.3 Å². The molecule has 2 aromatic heterocycles. The number of carboxylic acid groups (broad SMARTS) is 1. The molecular formula is C21H16F4N4O3. The van der Waals surface area contributed by atoms with Gasteiger partial charge >= 0.3 is 12.1 Å². The number of aromatic nitrogens is 4. The van der Waals surface area contributed by atoms with Crippen molar-refractivity contribution in [3.63, 3.8) is 0 Å². The molecule has 0 bridgehead atoms. The minimum Gasteiger partial charge on any atom is -0.487 e. The lowest BCUT2D eigenvalue weighted by Gasteiger charge is -2.08. The minimum atomic E-state index is -4.65. The number of halogens is 4. The van der Waals surface area contributed by atoms with Crippen LogP contribution in [0, 0.1) is 12.7 Å². The van der Waals surface area contributed by atoms with Crippen molar-refractivity contribution >= 4 is 16.9 Å². The molecule has 4 rings (SSSR count). The number of carboxylic acids is 1. The normalized spacial score (nSPS) is 11.8. The molecule has 166 valence electrons. The summed E-state index contributed by atoms with van der Waals surface area (Å²) in [5, 5.41) is 17.9. The van der Waals surface area contributed by atoms with Crippen LogP contribution in [0.4, 0.5) is 17.6 Å². The highest BCUT2D eigenvalue weighted by Crippen LogP contribution is 2.31. The maximum absolute atomic E-state index is 14.2. The molecule has 0 saturated heterocycles. The quantitative estimate of drug-likeness (QED) is 0.444. The van der Waals surface area contributed by atoms with Gasteiger partial charge in [0.25, 0.3) is 0 Å². The smallest absolute Gasteiger partial charge is 0.416 e. The zero-order valence-electron chi connectivity index (χ0n) is 16.6. The Kier molecular flexibility index (Phi) is 5.33. The highest BCUT2D eigenvalue weighted by Gasteiger charge is 2.31. The topological polar surface area (TPSA) is 82.2 Å². The lowest BCUT2D eigenvalue weighted by atomic mass is 10.2. The molecule has 0 aliphatic rings. The van der Waals surface area contributed by atoms with Crippen molar-refractivity contribution in [1.82, 2.24) is 19.6 Å². The molecule has 0 spiro atoms. The van der Waals surface area contributed by atoms with E-state index in [0.29, 0.717) is 23.2 Å². The first-order valence-electron chi connectivity index (χ1n) is 9.35. The summed E-state index contributed by atoms with van der Waals surface area (Å²) in [6, 6.07) is 9.04. The van der Waals surface area contributed by atoms with E-state index in [1.165, 1.54) is 0 Å². The van der Waals surface area contributed by atoms with Gasteiger partial charge in [0.1, 0.15) is 30.3 Å². The molecule has 0 radical (unpaired) electrons. The SMILES string of the molecule is Cc1nn(-c2ccc(C(F)(F)F)cc2F)nc1COc1ccc2c(ccn2CC(=O)O)c1. The number of rotatable bonds is 6. The van der Waals surface area contributed by atoms with E-state index in [0.717, 1.165) is 27.8 Å². The summed E-state index contributed by atoms with van der Waals surface area (Å²) < 4.78 is 59.8. The number of ether oxygens (including phenoxy) is 1. The number of alkyl halides is 3. The molecule has 0 amide bonds. The fourth-order valence-electron chi connectivity index (χ4n) is 3.20. The number of nitrogens with zero attached hydrogens (tertiary/aromatic N) is 4. The van der Waals surface area contributed by atoms with Gasteiger partial charge in [-0.05, 0) is 49.4 Å². The fourth-order valence-corrected chi connectivity index (χ4v) is 3.20. The van der Waals surface area contributed by atoms with Crippen LogP contribution in [0.25, 0.3) is 16.6 Å². The zero-order chi connectivity index (χ0) is 23.0. The second-order valence-electron chi connectivity index (χ2n) is 7.03. The van der Waals surface area contributed by atoms with Crippen molar-refractivity contribution in [3.8, 4) is 11.4 Å². The van der Waals surface area contributed by atoms with Crippen LogP contribution < -0.4 is 4.74 Å². The zero-order valence-corrected chi connectivity index (χ0v) is 16.6. The van der Waals surface area contributed by atoms with Crippen molar-refractivity contribution in [2.75, 3.05) is 0 Å². The maximum Gasteiger partial charge on any atom is 0.416 e. The molecule has 7 nitrogen and oxygen atoms in total. The molecule has 1 N–H and O–H groups in total. The lowest BCUT2D eigenvalue weighted by molar-refractivity contribution is -0.138.